The van der Waals surface area contributed by atoms with Gasteiger partial charge in [-0.05, 0) is 110 Å². The highest BCUT2D eigenvalue weighted by molar-refractivity contribution is 5.91. The Labute approximate surface area is 325 Å². The molecule has 0 fully saturated rings. The summed E-state index contributed by atoms with van der Waals surface area (Å²) in [5.41, 5.74) is 2.04. The Morgan fingerprint density at radius 2 is 0.911 bits per heavy atom. The average molecular weight is 769 g/mol. The molecule has 0 saturated carbocycles. The predicted molar refractivity (Wildman–Crippen MR) is 206 cm³/mol. The summed E-state index contributed by atoms with van der Waals surface area (Å²) in [5.74, 6) is -1.14. The van der Waals surface area contributed by atoms with E-state index in [2.05, 4.69) is 13.2 Å². The van der Waals surface area contributed by atoms with Gasteiger partial charge >= 0.3 is 23.9 Å². The molecule has 0 radical (unpaired) electrons. The molecule has 0 amide bonds. The number of hydrogen-bond donors (Lipinski definition) is 0. The standard InChI is InChI=1S/C44H45FO11/c1-3-41(46)53-29-9-27-51-37-20-13-33(14-21-37)43(48)55-26-8-6-5-7-25-50-36-18-11-32(12-19-36)35-17-24-40(39(45)31-35)56-44(49)34-15-22-38(23-16-34)52-28-10-30-54-42(47)4-2/h3-4,11-24,31H,1-2,5-10,25-30H2. The fraction of sp³-hybridized carbons (Fsp3) is 0.273. The highest BCUT2D eigenvalue weighted by atomic mass is 19.1. The summed E-state index contributed by atoms with van der Waals surface area (Å²) in [4.78, 5) is 47.1. The lowest BCUT2D eigenvalue weighted by Crippen LogP contribution is -2.10. The second-order valence-electron chi connectivity index (χ2n) is 12.2. The van der Waals surface area contributed by atoms with E-state index in [1.165, 1.54) is 24.3 Å². The summed E-state index contributed by atoms with van der Waals surface area (Å²) in [6, 6.07) is 24.6. The molecule has 0 unspecified atom stereocenters. The molecule has 0 N–H and O–H groups in total. The van der Waals surface area contributed by atoms with Crippen LogP contribution >= 0.6 is 0 Å². The van der Waals surface area contributed by atoms with Crippen LogP contribution < -0.4 is 18.9 Å². The monoisotopic (exact) mass is 768 g/mol. The van der Waals surface area contributed by atoms with E-state index in [0.717, 1.165) is 43.4 Å². The van der Waals surface area contributed by atoms with Gasteiger partial charge in [-0.2, -0.15) is 0 Å². The molecule has 4 rings (SSSR count). The van der Waals surface area contributed by atoms with Crippen molar-refractivity contribution in [3.05, 3.63) is 133 Å². The topological polar surface area (TPSA) is 133 Å². The minimum atomic E-state index is -0.713. The van der Waals surface area contributed by atoms with Gasteiger partial charge in [0.15, 0.2) is 11.6 Å². The summed E-state index contributed by atoms with van der Waals surface area (Å²) < 4.78 is 52.4. The van der Waals surface area contributed by atoms with Gasteiger partial charge < -0.3 is 33.2 Å². The maximum absolute atomic E-state index is 15.0. The average Bonchev–Trinajstić information content (AvgIpc) is 3.22. The number of carbonyl (C=O) groups excluding carboxylic acids is 4. The molecule has 12 heteroatoms. The number of rotatable bonds is 24. The van der Waals surface area contributed by atoms with Crippen molar-refractivity contribution in [1.29, 1.82) is 0 Å². The van der Waals surface area contributed by atoms with Crippen molar-refractivity contribution in [1.82, 2.24) is 0 Å². The SMILES string of the molecule is C=CC(=O)OCCCOc1ccc(C(=O)OCCCCCCOc2ccc(-c3ccc(OC(=O)c4ccc(OCCCOC(=O)C=C)cc4)c(F)c3)cc2)cc1. The van der Waals surface area contributed by atoms with E-state index < -0.39 is 29.7 Å². The molecule has 0 spiro atoms. The number of ether oxygens (including phenoxy) is 7. The van der Waals surface area contributed by atoms with Crippen molar-refractivity contribution in [2.75, 3.05) is 39.6 Å². The highest BCUT2D eigenvalue weighted by Gasteiger charge is 2.14. The molecule has 56 heavy (non-hydrogen) atoms. The Balaban J connectivity index is 1.08. The van der Waals surface area contributed by atoms with Crippen LogP contribution in [0.3, 0.4) is 0 Å². The van der Waals surface area contributed by atoms with Gasteiger partial charge in [-0.25, -0.2) is 23.6 Å². The van der Waals surface area contributed by atoms with E-state index in [-0.39, 0.29) is 24.5 Å². The van der Waals surface area contributed by atoms with Crippen LogP contribution in [0.25, 0.3) is 11.1 Å². The summed E-state index contributed by atoms with van der Waals surface area (Å²) in [6.07, 6.45) is 6.56. The van der Waals surface area contributed by atoms with Gasteiger partial charge in [0.05, 0.1) is 50.8 Å². The molecule has 0 aliphatic heterocycles. The summed E-state index contributed by atoms with van der Waals surface area (Å²) in [6.45, 7) is 8.62. The lowest BCUT2D eigenvalue weighted by atomic mass is 10.1. The Hall–Kier alpha value is -6.43. The molecule has 0 aromatic heterocycles. The molecule has 4 aromatic rings. The zero-order chi connectivity index (χ0) is 40.0. The van der Waals surface area contributed by atoms with Crippen LogP contribution in [0.2, 0.25) is 0 Å². The van der Waals surface area contributed by atoms with Crippen LogP contribution in [-0.4, -0.2) is 63.5 Å². The van der Waals surface area contributed by atoms with Crippen LogP contribution in [0.1, 0.15) is 59.2 Å². The second kappa shape index (κ2) is 23.4. The van der Waals surface area contributed by atoms with Gasteiger partial charge in [0.2, 0.25) is 0 Å². The molecule has 0 heterocycles. The molecular formula is C44H45FO11. The number of benzene rings is 4. The maximum Gasteiger partial charge on any atom is 0.343 e. The van der Waals surface area contributed by atoms with Crippen LogP contribution in [-0.2, 0) is 23.8 Å². The van der Waals surface area contributed by atoms with Crippen molar-refractivity contribution in [2.24, 2.45) is 0 Å². The fourth-order valence-corrected chi connectivity index (χ4v) is 5.00. The number of carbonyl (C=O) groups is 4. The summed E-state index contributed by atoms with van der Waals surface area (Å²) >= 11 is 0. The van der Waals surface area contributed by atoms with E-state index in [0.29, 0.717) is 67.6 Å². The zero-order valence-electron chi connectivity index (χ0n) is 31.1. The molecule has 0 bridgehead atoms. The summed E-state index contributed by atoms with van der Waals surface area (Å²) in [7, 11) is 0. The Kier molecular flexibility index (Phi) is 17.7. The number of unbranched alkanes of at least 4 members (excludes halogenated alkanes) is 3. The van der Waals surface area contributed by atoms with Gasteiger partial charge in [-0.15, -0.1) is 0 Å². The van der Waals surface area contributed by atoms with Gasteiger partial charge in [-0.1, -0.05) is 31.4 Å². The quantitative estimate of drug-likeness (QED) is 0.0223. The predicted octanol–water partition coefficient (Wildman–Crippen LogP) is 8.50. The van der Waals surface area contributed by atoms with E-state index >= 15 is 0 Å². The highest BCUT2D eigenvalue weighted by Crippen LogP contribution is 2.28. The normalized spacial score (nSPS) is 10.4. The lowest BCUT2D eigenvalue weighted by Gasteiger charge is -2.10. The van der Waals surface area contributed by atoms with Crippen molar-refractivity contribution in [3.8, 4) is 34.1 Å². The van der Waals surface area contributed by atoms with E-state index in [1.54, 1.807) is 42.5 Å². The third-order valence-electron chi connectivity index (χ3n) is 7.98. The van der Waals surface area contributed by atoms with Crippen LogP contribution in [0.15, 0.2) is 116 Å². The zero-order valence-corrected chi connectivity index (χ0v) is 31.1. The number of halogens is 1. The van der Waals surface area contributed by atoms with Gasteiger partial charge in [0, 0.05) is 25.0 Å². The first-order chi connectivity index (χ1) is 27.2. The minimum Gasteiger partial charge on any atom is -0.494 e. The van der Waals surface area contributed by atoms with Crippen LogP contribution in [0.4, 0.5) is 4.39 Å². The molecule has 4 aromatic carbocycles. The molecule has 0 aliphatic rings. The Morgan fingerprint density at radius 1 is 0.482 bits per heavy atom. The first-order valence-corrected chi connectivity index (χ1v) is 18.2. The molecule has 0 saturated heterocycles. The van der Waals surface area contributed by atoms with Gasteiger partial charge in [-0.3, -0.25) is 0 Å². The molecule has 0 atom stereocenters. The van der Waals surface area contributed by atoms with Crippen molar-refractivity contribution >= 4 is 23.9 Å². The lowest BCUT2D eigenvalue weighted by molar-refractivity contribution is -0.138. The first kappa shape index (κ1) is 42.3. The van der Waals surface area contributed by atoms with Crippen LogP contribution in [0.5, 0.6) is 23.0 Å². The van der Waals surface area contributed by atoms with Crippen molar-refractivity contribution < 1.29 is 56.7 Å². The second-order valence-corrected chi connectivity index (χ2v) is 12.2. The molecular weight excluding hydrogens is 723 g/mol. The van der Waals surface area contributed by atoms with E-state index in [1.807, 2.05) is 24.3 Å². The molecule has 294 valence electrons. The Bertz CT molecular complexity index is 1890. The van der Waals surface area contributed by atoms with Gasteiger partial charge in [0.25, 0.3) is 0 Å². The van der Waals surface area contributed by atoms with Crippen LogP contribution in [0, 0.1) is 5.82 Å². The third kappa shape index (κ3) is 14.8. The molecule has 11 nitrogen and oxygen atoms in total. The smallest absolute Gasteiger partial charge is 0.343 e. The molecule has 0 aliphatic carbocycles. The first-order valence-electron chi connectivity index (χ1n) is 18.2. The fourth-order valence-electron chi connectivity index (χ4n) is 5.00. The van der Waals surface area contributed by atoms with E-state index in [4.69, 9.17) is 33.2 Å². The van der Waals surface area contributed by atoms with Crippen molar-refractivity contribution in [3.63, 3.8) is 0 Å². The largest absolute Gasteiger partial charge is 0.494 e. The summed E-state index contributed by atoms with van der Waals surface area (Å²) in [5, 5.41) is 0. The number of hydrogen-bond acceptors (Lipinski definition) is 11. The van der Waals surface area contributed by atoms with Gasteiger partial charge in [0.1, 0.15) is 17.2 Å². The number of esters is 4. The maximum atomic E-state index is 15.0. The van der Waals surface area contributed by atoms with Crippen molar-refractivity contribution in [2.45, 2.75) is 38.5 Å². The Morgan fingerprint density at radius 3 is 1.41 bits per heavy atom. The third-order valence-corrected chi connectivity index (χ3v) is 7.98. The minimum absolute atomic E-state index is 0.192. The van der Waals surface area contributed by atoms with E-state index in [9.17, 15) is 23.6 Å².